The second kappa shape index (κ2) is 13.7. The van der Waals surface area contributed by atoms with Gasteiger partial charge in [0.1, 0.15) is 29.2 Å². The van der Waals surface area contributed by atoms with E-state index in [-0.39, 0.29) is 19.0 Å². The monoisotopic (exact) mass is 591 g/mol. The lowest BCUT2D eigenvalue weighted by molar-refractivity contribution is -0.165. The highest BCUT2D eigenvalue weighted by molar-refractivity contribution is 5.94. The van der Waals surface area contributed by atoms with Crippen molar-refractivity contribution in [2.75, 3.05) is 19.8 Å². The molecule has 1 aliphatic rings. The fourth-order valence-electron chi connectivity index (χ4n) is 3.72. The number of hydrogen-bond acceptors (Lipinski definition) is 9. The Morgan fingerprint density at radius 1 is 0.951 bits per heavy atom. The molecule has 1 aromatic rings. The number of alkyl halides is 3. The third kappa shape index (κ3) is 10.7. The normalized spacial score (nSPS) is 22.5. The highest BCUT2D eigenvalue weighted by Crippen LogP contribution is 2.31. The van der Waals surface area contributed by atoms with Gasteiger partial charge >= 0.3 is 24.3 Å². The molecule has 4 atom stereocenters. The summed E-state index contributed by atoms with van der Waals surface area (Å²) < 4.78 is 73.0. The van der Waals surface area contributed by atoms with Gasteiger partial charge in [-0.3, -0.25) is 0 Å². The van der Waals surface area contributed by atoms with Crippen molar-refractivity contribution in [1.29, 1.82) is 0 Å². The van der Waals surface area contributed by atoms with E-state index in [0.717, 1.165) is 12.1 Å². The van der Waals surface area contributed by atoms with E-state index >= 15 is 0 Å². The summed E-state index contributed by atoms with van der Waals surface area (Å²) in [5.41, 5.74) is -2.86. The van der Waals surface area contributed by atoms with Crippen LogP contribution in [-0.4, -0.2) is 78.4 Å². The largest absolute Gasteiger partial charge is 0.485 e. The predicted molar refractivity (Wildman–Crippen MR) is 140 cm³/mol. The lowest BCUT2D eigenvalue weighted by atomic mass is 10.1. The number of ether oxygens (including phenoxy) is 6. The van der Waals surface area contributed by atoms with E-state index in [1.807, 2.05) is 6.92 Å². The van der Waals surface area contributed by atoms with Crippen LogP contribution < -0.4 is 4.74 Å². The number of carbonyl (C=O) groups excluding carboxylic acids is 3. The van der Waals surface area contributed by atoms with Crippen LogP contribution in [0, 0.1) is 0 Å². The number of carbonyl (C=O) groups is 3. The molecule has 1 aliphatic heterocycles. The topological polar surface area (TPSA) is 110 Å². The van der Waals surface area contributed by atoms with Crippen LogP contribution in [0.1, 0.15) is 67.4 Å². The maximum Gasteiger partial charge on any atom is 0.420 e. The van der Waals surface area contributed by atoms with Crippen molar-refractivity contribution in [3.8, 4) is 5.75 Å². The van der Waals surface area contributed by atoms with Gasteiger partial charge in [0.2, 0.25) is 0 Å². The molecular formula is C28H40F3NO9. The third-order valence-corrected chi connectivity index (χ3v) is 5.44. The van der Waals surface area contributed by atoms with Crippen molar-refractivity contribution in [3.05, 3.63) is 29.8 Å². The summed E-state index contributed by atoms with van der Waals surface area (Å²) in [6.45, 7) is 12.5. The molecular weight excluding hydrogens is 551 g/mol. The Hall–Kier alpha value is -3.06. The molecule has 41 heavy (non-hydrogen) atoms. The van der Waals surface area contributed by atoms with E-state index in [4.69, 9.17) is 28.4 Å². The molecule has 0 bridgehead atoms. The molecule has 0 radical (unpaired) electrons. The van der Waals surface area contributed by atoms with Crippen molar-refractivity contribution in [2.45, 2.75) is 104 Å². The number of hydrogen-bond donors (Lipinski definition) is 0. The Morgan fingerprint density at radius 3 is 1.95 bits per heavy atom. The lowest BCUT2D eigenvalue weighted by Gasteiger charge is -2.32. The van der Waals surface area contributed by atoms with Gasteiger partial charge in [-0.15, -0.1) is 0 Å². The van der Waals surface area contributed by atoms with Gasteiger partial charge in [0.05, 0.1) is 18.8 Å². The number of benzene rings is 1. The SMILES string of the molecule is CCCO[C@H]1[C@H](C)OC(=O)[C@@H](N(C(=O)OC(C)(C)C)C(=O)OC(C)(C)C)COC[C@@H]1Oc1ccc(C(F)(F)F)cc1. The summed E-state index contributed by atoms with van der Waals surface area (Å²) in [5.74, 6) is -0.871. The number of esters is 1. The highest BCUT2D eigenvalue weighted by atomic mass is 19.4. The second-order valence-corrected chi connectivity index (χ2v) is 11.5. The van der Waals surface area contributed by atoms with Crippen molar-refractivity contribution in [3.63, 3.8) is 0 Å². The van der Waals surface area contributed by atoms with Crippen molar-refractivity contribution in [1.82, 2.24) is 4.90 Å². The number of nitrogens with zero attached hydrogens (tertiary/aromatic N) is 1. The molecule has 2 rings (SSSR count). The van der Waals surface area contributed by atoms with Crippen LogP contribution in [0.4, 0.5) is 22.8 Å². The molecule has 1 aromatic carbocycles. The molecule has 2 amide bonds. The lowest BCUT2D eigenvalue weighted by Crippen LogP contribution is -2.54. The summed E-state index contributed by atoms with van der Waals surface area (Å²) in [5, 5.41) is 0. The van der Waals surface area contributed by atoms with Crippen molar-refractivity contribution < 1.29 is 56.0 Å². The zero-order valence-electron chi connectivity index (χ0n) is 24.7. The van der Waals surface area contributed by atoms with E-state index in [1.165, 1.54) is 19.1 Å². The summed E-state index contributed by atoms with van der Waals surface area (Å²) >= 11 is 0. The van der Waals surface area contributed by atoms with Crippen LogP contribution in [0.2, 0.25) is 0 Å². The van der Waals surface area contributed by atoms with Gasteiger partial charge in [0.25, 0.3) is 0 Å². The molecule has 0 aromatic heterocycles. The van der Waals surface area contributed by atoms with E-state index in [0.29, 0.717) is 11.3 Å². The first kappa shape index (κ1) is 34.1. The van der Waals surface area contributed by atoms with Crippen LogP contribution in [0.5, 0.6) is 5.75 Å². The highest BCUT2D eigenvalue weighted by Gasteiger charge is 2.44. The maximum atomic E-state index is 13.4. The minimum Gasteiger partial charge on any atom is -0.485 e. The molecule has 1 fully saturated rings. The number of halogens is 3. The van der Waals surface area contributed by atoms with Gasteiger partial charge in [-0.25, -0.2) is 14.4 Å². The fraction of sp³-hybridized carbons (Fsp3) is 0.679. The zero-order valence-corrected chi connectivity index (χ0v) is 24.7. The second-order valence-electron chi connectivity index (χ2n) is 11.5. The van der Waals surface area contributed by atoms with Gasteiger partial charge in [-0.1, -0.05) is 6.92 Å². The molecule has 10 nitrogen and oxygen atoms in total. The fourth-order valence-corrected chi connectivity index (χ4v) is 3.72. The smallest absolute Gasteiger partial charge is 0.420 e. The number of rotatable bonds is 6. The van der Waals surface area contributed by atoms with Crippen LogP contribution in [0.25, 0.3) is 0 Å². The quantitative estimate of drug-likeness (QED) is 0.302. The Kier molecular flexibility index (Phi) is 11.4. The van der Waals surface area contributed by atoms with Crippen LogP contribution >= 0.6 is 0 Å². The molecule has 0 unspecified atom stereocenters. The van der Waals surface area contributed by atoms with Gasteiger partial charge < -0.3 is 28.4 Å². The van der Waals surface area contributed by atoms with Crippen molar-refractivity contribution in [2.24, 2.45) is 0 Å². The molecule has 0 spiro atoms. The zero-order chi connectivity index (χ0) is 31.2. The summed E-state index contributed by atoms with van der Waals surface area (Å²) in [7, 11) is 0. The first-order valence-electron chi connectivity index (χ1n) is 13.3. The Bertz CT molecular complexity index is 1000. The third-order valence-electron chi connectivity index (χ3n) is 5.44. The molecule has 0 aliphatic carbocycles. The van der Waals surface area contributed by atoms with E-state index in [9.17, 15) is 27.6 Å². The van der Waals surface area contributed by atoms with Gasteiger partial charge in [0.15, 0.2) is 12.1 Å². The summed E-state index contributed by atoms with van der Waals surface area (Å²) in [6.07, 6.45) is -9.00. The van der Waals surface area contributed by atoms with E-state index in [2.05, 4.69) is 0 Å². The van der Waals surface area contributed by atoms with E-state index < -0.39 is 72.1 Å². The Morgan fingerprint density at radius 2 is 1.49 bits per heavy atom. The Labute approximate surface area is 238 Å². The first-order chi connectivity index (χ1) is 18.8. The van der Waals surface area contributed by atoms with Gasteiger partial charge in [0, 0.05) is 6.61 Å². The predicted octanol–water partition coefficient (Wildman–Crippen LogP) is 5.75. The maximum absolute atomic E-state index is 13.4. The minimum absolute atomic E-state index is 0.107. The number of imide groups is 1. The van der Waals surface area contributed by atoms with Crippen LogP contribution in [-0.2, 0) is 34.7 Å². The molecule has 13 heteroatoms. The number of cyclic esters (lactones) is 1. The van der Waals surface area contributed by atoms with Crippen molar-refractivity contribution >= 4 is 18.2 Å². The van der Waals surface area contributed by atoms with Crippen LogP contribution in [0.3, 0.4) is 0 Å². The summed E-state index contributed by atoms with van der Waals surface area (Å²) in [4.78, 5) is 40.1. The average molecular weight is 592 g/mol. The van der Waals surface area contributed by atoms with Gasteiger partial charge in [-0.05, 0) is 79.2 Å². The molecule has 1 saturated heterocycles. The molecule has 0 N–H and O–H groups in total. The number of amides is 2. The summed E-state index contributed by atoms with van der Waals surface area (Å²) in [6, 6.07) is 2.51. The van der Waals surface area contributed by atoms with E-state index in [1.54, 1.807) is 41.5 Å². The molecule has 232 valence electrons. The Balaban J connectivity index is 2.39. The van der Waals surface area contributed by atoms with Gasteiger partial charge in [-0.2, -0.15) is 18.1 Å². The molecule has 1 heterocycles. The first-order valence-corrected chi connectivity index (χ1v) is 13.3. The minimum atomic E-state index is -4.52. The van der Waals surface area contributed by atoms with Crippen LogP contribution in [0.15, 0.2) is 24.3 Å². The average Bonchev–Trinajstić information content (AvgIpc) is 2.85. The molecule has 0 saturated carbocycles. The standard InChI is InChI=1S/C28H40F3NO9/c1-9-14-37-22-17(2)38-23(33)20(32(24(34)40-26(3,4)5)25(35)41-27(6,7)8)15-36-16-21(22)39-19-12-10-18(11-13-19)28(29,30)31/h10-13,17,20-22H,9,14-16H2,1-8H3/t17-,20-,21-,22-/m0/s1.